The van der Waals surface area contributed by atoms with Gasteiger partial charge in [0, 0.05) is 11.4 Å². The van der Waals surface area contributed by atoms with Crippen LogP contribution in [0.15, 0.2) is 29.2 Å². The minimum atomic E-state index is 0.602. The fourth-order valence-electron chi connectivity index (χ4n) is 1.26. The molecule has 13 heavy (non-hydrogen) atoms. The number of hydrogen-bond donors (Lipinski definition) is 1. The van der Waals surface area contributed by atoms with Gasteiger partial charge in [-0.25, -0.2) is 0 Å². The highest BCUT2D eigenvalue weighted by Gasteiger charge is 2.07. The van der Waals surface area contributed by atoms with Crippen molar-refractivity contribution >= 4 is 11.6 Å². The van der Waals surface area contributed by atoms with Gasteiger partial charge in [-0.3, -0.25) is 5.10 Å². The highest BCUT2D eigenvalue weighted by molar-refractivity contribution is 6.18. The summed E-state index contributed by atoms with van der Waals surface area (Å²) in [5.41, 5.74) is 3.13. The summed E-state index contributed by atoms with van der Waals surface area (Å²) in [6.07, 6.45) is 5.94. The smallest absolute Gasteiger partial charge is 0.0996 e. The molecule has 2 rings (SSSR count). The van der Waals surface area contributed by atoms with Crippen LogP contribution in [0.5, 0.6) is 0 Å². The van der Waals surface area contributed by atoms with E-state index in [2.05, 4.69) is 10.2 Å². The molecule has 0 unspecified atom stereocenters. The molecular weight excluding hydrogens is 188 g/mol. The standard InChI is InChI=1S/C9H9ClN2O/c10-3-1-7-5-11-12-9(7)8-2-4-13-6-8/h2,4-6H,1,3H2,(H,11,12). The highest BCUT2D eigenvalue weighted by atomic mass is 35.5. The molecule has 2 aromatic rings. The zero-order valence-electron chi connectivity index (χ0n) is 6.96. The van der Waals surface area contributed by atoms with Crippen molar-refractivity contribution in [3.63, 3.8) is 0 Å². The van der Waals surface area contributed by atoms with Crippen molar-refractivity contribution in [2.24, 2.45) is 0 Å². The minimum absolute atomic E-state index is 0.602. The molecule has 0 saturated carbocycles. The topological polar surface area (TPSA) is 41.8 Å². The summed E-state index contributed by atoms with van der Waals surface area (Å²) < 4.78 is 4.99. The molecule has 2 aromatic heterocycles. The second-order valence-electron chi connectivity index (χ2n) is 2.72. The average molecular weight is 197 g/mol. The Hall–Kier alpha value is -1.22. The molecule has 0 spiro atoms. The SMILES string of the molecule is ClCCc1cn[nH]c1-c1ccoc1. The molecule has 0 saturated heterocycles. The van der Waals surface area contributed by atoms with Crippen molar-refractivity contribution < 1.29 is 4.42 Å². The predicted octanol–water partition coefficient (Wildman–Crippen LogP) is 2.45. The second-order valence-corrected chi connectivity index (χ2v) is 3.10. The van der Waals surface area contributed by atoms with Gasteiger partial charge >= 0.3 is 0 Å². The molecule has 0 bridgehead atoms. The largest absolute Gasteiger partial charge is 0.472 e. The Morgan fingerprint density at radius 1 is 1.54 bits per heavy atom. The number of hydrogen-bond acceptors (Lipinski definition) is 2. The van der Waals surface area contributed by atoms with Crippen molar-refractivity contribution in [3.05, 3.63) is 30.4 Å². The predicted molar refractivity (Wildman–Crippen MR) is 50.7 cm³/mol. The maximum absolute atomic E-state index is 5.66. The second kappa shape index (κ2) is 3.66. The zero-order valence-corrected chi connectivity index (χ0v) is 7.71. The number of nitrogens with zero attached hydrogens (tertiary/aromatic N) is 1. The van der Waals surface area contributed by atoms with E-state index in [-0.39, 0.29) is 0 Å². The van der Waals surface area contributed by atoms with Crippen LogP contribution in [0.2, 0.25) is 0 Å². The van der Waals surface area contributed by atoms with Gasteiger partial charge in [0.05, 0.1) is 24.4 Å². The monoisotopic (exact) mass is 196 g/mol. The van der Waals surface area contributed by atoms with Gasteiger partial charge < -0.3 is 4.42 Å². The van der Waals surface area contributed by atoms with Crippen molar-refractivity contribution in [2.45, 2.75) is 6.42 Å². The fourth-order valence-corrected chi connectivity index (χ4v) is 1.46. The van der Waals surface area contributed by atoms with Gasteiger partial charge in [0.15, 0.2) is 0 Å². The molecule has 68 valence electrons. The number of aromatic nitrogens is 2. The zero-order chi connectivity index (χ0) is 9.10. The van der Waals surface area contributed by atoms with Gasteiger partial charge in [0.1, 0.15) is 0 Å². The lowest BCUT2D eigenvalue weighted by molar-refractivity contribution is 0.568. The van der Waals surface area contributed by atoms with E-state index < -0.39 is 0 Å². The third-order valence-corrected chi connectivity index (χ3v) is 2.08. The first-order chi connectivity index (χ1) is 6.42. The van der Waals surface area contributed by atoms with E-state index in [4.69, 9.17) is 16.0 Å². The van der Waals surface area contributed by atoms with Gasteiger partial charge in [-0.15, -0.1) is 11.6 Å². The minimum Gasteiger partial charge on any atom is -0.472 e. The first kappa shape index (κ1) is 8.38. The Labute approximate surface area is 80.7 Å². The van der Waals surface area contributed by atoms with E-state index in [0.717, 1.165) is 23.2 Å². The van der Waals surface area contributed by atoms with Crippen LogP contribution < -0.4 is 0 Å². The molecule has 2 heterocycles. The van der Waals surface area contributed by atoms with E-state index in [1.54, 1.807) is 18.7 Å². The van der Waals surface area contributed by atoms with Crippen molar-refractivity contribution in [1.29, 1.82) is 0 Å². The lowest BCUT2D eigenvalue weighted by Crippen LogP contribution is -1.86. The molecule has 0 aliphatic rings. The summed E-state index contributed by atoms with van der Waals surface area (Å²) in [7, 11) is 0. The van der Waals surface area contributed by atoms with E-state index in [0.29, 0.717) is 5.88 Å². The molecule has 3 nitrogen and oxygen atoms in total. The van der Waals surface area contributed by atoms with Gasteiger partial charge in [-0.1, -0.05) is 0 Å². The number of nitrogens with one attached hydrogen (secondary N) is 1. The van der Waals surface area contributed by atoms with Gasteiger partial charge in [-0.2, -0.15) is 5.10 Å². The Bertz CT molecular complexity index is 367. The third-order valence-electron chi connectivity index (χ3n) is 1.89. The van der Waals surface area contributed by atoms with Crippen LogP contribution in [-0.4, -0.2) is 16.1 Å². The summed E-state index contributed by atoms with van der Waals surface area (Å²) >= 11 is 5.66. The number of aromatic amines is 1. The van der Waals surface area contributed by atoms with Gasteiger partial charge in [0.2, 0.25) is 0 Å². The quantitative estimate of drug-likeness (QED) is 0.767. The van der Waals surface area contributed by atoms with Crippen LogP contribution in [0.4, 0.5) is 0 Å². The number of aryl methyl sites for hydroxylation is 1. The Morgan fingerprint density at radius 2 is 2.46 bits per heavy atom. The maximum atomic E-state index is 5.66. The van der Waals surface area contributed by atoms with Gasteiger partial charge in [0.25, 0.3) is 0 Å². The number of halogens is 1. The van der Waals surface area contributed by atoms with Gasteiger partial charge in [-0.05, 0) is 18.1 Å². The Kier molecular flexibility index (Phi) is 2.36. The Balaban J connectivity index is 2.35. The van der Waals surface area contributed by atoms with E-state index in [1.165, 1.54) is 0 Å². The maximum Gasteiger partial charge on any atom is 0.0996 e. The Morgan fingerprint density at radius 3 is 3.15 bits per heavy atom. The lowest BCUT2D eigenvalue weighted by Gasteiger charge is -1.96. The molecule has 0 radical (unpaired) electrons. The summed E-state index contributed by atoms with van der Waals surface area (Å²) in [4.78, 5) is 0. The number of alkyl halides is 1. The van der Waals surface area contributed by atoms with Crippen LogP contribution >= 0.6 is 11.6 Å². The normalized spacial score (nSPS) is 10.5. The van der Waals surface area contributed by atoms with Crippen LogP contribution in [-0.2, 0) is 6.42 Å². The average Bonchev–Trinajstić information content (AvgIpc) is 2.71. The number of H-pyrrole nitrogens is 1. The summed E-state index contributed by atoms with van der Waals surface area (Å²) in [6.45, 7) is 0. The van der Waals surface area contributed by atoms with E-state index in [1.807, 2.05) is 6.07 Å². The molecule has 0 aliphatic carbocycles. The van der Waals surface area contributed by atoms with Crippen LogP contribution in [0.25, 0.3) is 11.3 Å². The van der Waals surface area contributed by atoms with Crippen molar-refractivity contribution in [2.75, 3.05) is 5.88 Å². The van der Waals surface area contributed by atoms with Crippen LogP contribution in [0.3, 0.4) is 0 Å². The first-order valence-corrected chi connectivity index (χ1v) is 4.56. The molecule has 0 aromatic carbocycles. The number of rotatable bonds is 3. The summed E-state index contributed by atoms with van der Waals surface area (Å²) in [5, 5.41) is 6.90. The van der Waals surface area contributed by atoms with Crippen molar-refractivity contribution in [3.8, 4) is 11.3 Å². The first-order valence-electron chi connectivity index (χ1n) is 4.02. The van der Waals surface area contributed by atoms with Crippen LogP contribution in [0.1, 0.15) is 5.56 Å². The summed E-state index contributed by atoms with van der Waals surface area (Å²) in [6, 6.07) is 1.89. The fraction of sp³-hybridized carbons (Fsp3) is 0.222. The third kappa shape index (κ3) is 1.60. The molecule has 0 fully saturated rings. The lowest BCUT2D eigenvalue weighted by atomic mass is 10.1. The van der Waals surface area contributed by atoms with E-state index >= 15 is 0 Å². The summed E-state index contributed by atoms with van der Waals surface area (Å²) in [5.74, 6) is 0.602. The van der Waals surface area contributed by atoms with Crippen LogP contribution in [0, 0.1) is 0 Å². The molecule has 4 heteroatoms. The van der Waals surface area contributed by atoms with Crippen molar-refractivity contribution in [1.82, 2.24) is 10.2 Å². The molecular formula is C9H9ClN2O. The number of furan rings is 1. The molecule has 0 aliphatic heterocycles. The molecule has 0 atom stereocenters. The molecule has 0 amide bonds. The highest BCUT2D eigenvalue weighted by Crippen LogP contribution is 2.21. The molecule has 1 N–H and O–H groups in total. The van der Waals surface area contributed by atoms with E-state index in [9.17, 15) is 0 Å².